The van der Waals surface area contributed by atoms with Crippen molar-refractivity contribution in [3.05, 3.63) is 29.8 Å². The number of nitrogens with two attached hydrogens (primary N) is 1. The molecule has 2 N–H and O–H groups in total. The van der Waals surface area contributed by atoms with Gasteiger partial charge < -0.3 is 15.4 Å². The molecule has 0 aliphatic heterocycles. The standard InChI is InChI=1S/C14H22N2O2/c1-5-12(15)11-8-6-7-9-13(11)18-10(2)14(17)16(3)4/h6-10,12H,5,15H2,1-4H3/t10?,12-/m1/s1. The van der Waals surface area contributed by atoms with Crippen molar-refractivity contribution in [1.82, 2.24) is 4.90 Å². The van der Waals surface area contributed by atoms with Crippen molar-refractivity contribution >= 4 is 5.91 Å². The van der Waals surface area contributed by atoms with Crippen molar-refractivity contribution in [3.8, 4) is 5.75 Å². The van der Waals surface area contributed by atoms with Crippen molar-refractivity contribution in [1.29, 1.82) is 0 Å². The van der Waals surface area contributed by atoms with Crippen molar-refractivity contribution in [2.75, 3.05) is 14.1 Å². The molecule has 0 saturated carbocycles. The van der Waals surface area contributed by atoms with Gasteiger partial charge in [-0.1, -0.05) is 25.1 Å². The molecule has 0 saturated heterocycles. The van der Waals surface area contributed by atoms with Gasteiger partial charge in [-0.05, 0) is 19.4 Å². The van der Waals surface area contributed by atoms with Crippen LogP contribution in [0.4, 0.5) is 0 Å². The van der Waals surface area contributed by atoms with Crippen LogP contribution >= 0.6 is 0 Å². The van der Waals surface area contributed by atoms with Gasteiger partial charge in [0, 0.05) is 25.7 Å². The Morgan fingerprint density at radius 3 is 2.56 bits per heavy atom. The van der Waals surface area contributed by atoms with E-state index in [0.717, 1.165) is 12.0 Å². The molecule has 4 nitrogen and oxygen atoms in total. The molecule has 18 heavy (non-hydrogen) atoms. The lowest BCUT2D eigenvalue weighted by atomic mass is 10.0. The van der Waals surface area contributed by atoms with Crippen LogP contribution in [0.2, 0.25) is 0 Å². The second-order valence-electron chi connectivity index (χ2n) is 4.55. The first kappa shape index (κ1) is 14.5. The first-order valence-corrected chi connectivity index (χ1v) is 6.19. The summed E-state index contributed by atoms with van der Waals surface area (Å²) in [6, 6.07) is 7.54. The molecule has 0 radical (unpaired) electrons. The van der Waals surface area contributed by atoms with Crippen molar-refractivity contribution in [2.45, 2.75) is 32.4 Å². The zero-order valence-corrected chi connectivity index (χ0v) is 11.5. The second kappa shape index (κ2) is 6.40. The molecule has 0 aliphatic carbocycles. The van der Waals surface area contributed by atoms with Gasteiger partial charge in [-0.2, -0.15) is 0 Å². The lowest BCUT2D eigenvalue weighted by Crippen LogP contribution is -2.35. The lowest BCUT2D eigenvalue weighted by molar-refractivity contribution is -0.135. The number of benzene rings is 1. The molecule has 0 heterocycles. The molecule has 0 aromatic heterocycles. The van der Waals surface area contributed by atoms with Gasteiger partial charge in [0.1, 0.15) is 5.75 Å². The maximum Gasteiger partial charge on any atom is 0.262 e. The molecule has 100 valence electrons. The minimum absolute atomic E-state index is 0.0603. The number of carbonyl (C=O) groups excluding carboxylic acids is 1. The minimum atomic E-state index is -0.509. The summed E-state index contributed by atoms with van der Waals surface area (Å²) in [5, 5.41) is 0. The van der Waals surface area contributed by atoms with Crippen molar-refractivity contribution in [2.24, 2.45) is 5.73 Å². The van der Waals surface area contributed by atoms with Crippen LogP contribution in [-0.2, 0) is 4.79 Å². The van der Waals surface area contributed by atoms with Crippen molar-refractivity contribution < 1.29 is 9.53 Å². The second-order valence-corrected chi connectivity index (χ2v) is 4.55. The molecule has 0 bridgehead atoms. The van der Waals surface area contributed by atoms with E-state index in [0.29, 0.717) is 5.75 Å². The average Bonchev–Trinajstić information content (AvgIpc) is 2.37. The maximum atomic E-state index is 11.8. The van der Waals surface area contributed by atoms with Gasteiger partial charge in [-0.3, -0.25) is 4.79 Å². The molecular formula is C14H22N2O2. The molecule has 0 fully saturated rings. The van der Waals surface area contributed by atoms with Crippen LogP contribution in [-0.4, -0.2) is 31.0 Å². The number of hydrogen-bond donors (Lipinski definition) is 1. The SMILES string of the molecule is CC[C@@H](N)c1ccccc1OC(C)C(=O)N(C)C. The fourth-order valence-electron chi connectivity index (χ4n) is 1.72. The van der Waals surface area contributed by atoms with Gasteiger partial charge >= 0.3 is 0 Å². The van der Waals surface area contributed by atoms with E-state index in [-0.39, 0.29) is 11.9 Å². The normalized spacial score (nSPS) is 13.8. The molecule has 1 amide bonds. The van der Waals surface area contributed by atoms with E-state index in [9.17, 15) is 4.79 Å². The number of rotatable bonds is 5. The molecule has 2 atom stereocenters. The number of likely N-dealkylation sites (N-methyl/N-ethyl adjacent to an activating group) is 1. The third-order valence-corrected chi connectivity index (χ3v) is 2.85. The summed E-state index contributed by atoms with van der Waals surface area (Å²) in [5.74, 6) is 0.629. The number of hydrogen-bond acceptors (Lipinski definition) is 3. The third kappa shape index (κ3) is 3.47. The third-order valence-electron chi connectivity index (χ3n) is 2.85. The van der Waals surface area contributed by atoms with E-state index in [1.807, 2.05) is 31.2 Å². The highest BCUT2D eigenvalue weighted by Crippen LogP contribution is 2.26. The van der Waals surface area contributed by atoms with Crippen molar-refractivity contribution in [3.63, 3.8) is 0 Å². The molecule has 1 rings (SSSR count). The fraction of sp³-hybridized carbons (Fsp3) is 0.500. The van der Waals surface area contributed by atoms with Crippen LogP contribution in [0.3, 0.4) is 0 Å². The molecule has 1 unspecified atom stereocenters. The summed E-state index contributed by atoms with van der Waals surface area (Å²) < 4.78 is 5.72. The van der Waals surface area contributed by atoms with Gasteiger partial charge in [0.15, 0.2) is 6.10 Å². The molecule has 1 aromatic carbocycles. The van der Waals surface area contributed by atoms with E-state index in [4.69, 9.17) is 10.5 Å². The zero-order valence-electron chi connectivity index (χ0n) is 11.5. The van der Waals surface area contributed by atoms with Crippen LogP contribution in [0.5, 0.6) is 5.75 Å². The first-order valence-electron chi connectivity index (χ1n) is 6.19. The van der Waals surface area contributed by atoms with Gasteiger partial charge in [-0.25, -0.2) is 0 Å². The van der Waals surface area contributed by atoms with Crippen LogP contribution in [0.15, 0.2) is 24.3 Å². The number of para-hydroxylation sites is 1. The molecular weight excluding hydrogens is 228 g/mol. The van der Waals surface area contributed by atoms with Crippen LogP contribution in [0.25, 0.3) is 0 Å². The topological polar surface area (TPSA) is 55.6 Å². The monoisotopic (exact) mass is 250 g/mol. The predicted octanol–water partition coefficient (Wildman–Crippen LogP) is 1.95. The molecule has 4 heteroatoms. The van der Waals surface area contributed by atoms with Gasteiger partial charge in [0.05, 0.1) is 0 Å². The van der Waals surface area contributed by atoms with E-state index < -0.39 is 6.10 Å². The van der Waals surface area contributed by atoms with Crippen LogP contribution in [0, 0.1) is 0 Å². The summed E-state index contributed by atoms with van der Waals surface area (Å²) in [6.07, 6.45) is 0.321. The Hall–Kier alpha value is -1.55. The maximum absolute atomic E-state index is 11.8. The first-order chi connectivity index (χ1) is 8.47. The average molecular weight is 250 g/mol. The largest absolute Gasteiger partial charge is 0.481 e. The summed E-state index contributed by atoms with van der Waals surface area (Å²) >= 11 is 0. The Labute approximate surface area is 109 Å². The van der Waals surface area contributed by atoms with Crippen LogP contribution in [0.1, 0.15) is 31.9 Å². The number of nitrogens with zero attached hydrogens (tertiary/aromatic N) is 1. The summed E-state index contributed by atoms with van der Waals surface area (Å²) in [5.41, 5.74) is 6.97. The smallest absolute Gasteiger partial charge is 0.262 e. The van der Waals surface area contributed by atoms with Gasteiger partial charge in [-0.15, -0.1) is 0 Å². The lowest BCUT2D eigenvalue weighted by Gasteiger charge is -2.21. The number of ether oxygens (including phenoxy) is 1. The highest BCUT2D eigenvalue weighted by atomic mass is 16.5. The Morgan fingerprint density at radius 1 is 1.39 bits per heavy atom. The summed E-state index contributed by atoms with van der Waals surface area (Å²) in [6.45, 7) is 3.77. The van der Waals surface area contributed by atoms with E-state index in [2.05, 4.69) is 0 Å². The zero-order chi connectivity index (χ0) is 13.7. The fourth-order valence-corrected chi connectivity index (χ4v) is 1.72. The molecule has 1 aromatic rings. The Balaban J connectivity index is 2.87. The van der Waals surface area contributed by atoms with E-state index in [1.165, 1.54) is 4.90 Å². The highest BCUT2D eigenvalue weighted by Gasteiger charge is 2.19. The molecule has 0 aliphatic rings. The molecule has 0 spiro atoms. The quantitative estimate of drug-likeness (QED) is 0.869. The summed E-state index contributed by atoms with van der Waals surface area (Å²) in [4.78, 5) is 13.3. The van der Waals surface area contributed by atoms with Gasteiger partial charge in [0.2, 0.25) is 0 Å². The Morgan fingerprint density at radius 2 is 2.00 bits per heavy atom. The van der Waals surface area contributed by atoms with E-state index >= 15 is 0 Å². The highest BCUT2D eigenvalue weighted by molar-refractivity contribution is 5.80. The van der Waals surface area contributed by atoms with Crippen LogP contribution < -0.4 is 10.5 Å². The van der Waals surface area contributed by atoms with E-state index in [1.54, 1.807) is 21.0 Å². The number of amides is 1. The number of carbonyl (C=O) groups is 1. The minimum Gasteiger partial charge on any atom is -0.481 e. The van der Waals surface area contributed by atoms with Gasteiger partial charge in [0.25, 0.3) is 5.91 Å². The Bertz CT molecular complexity index is 405. The summed E-state index contributed by atoms with van der Waals surface area (Å²) in [7, 11) is 3.43. The predicted molar refractivity (Wildman–Crippen MR) is 72.4 cm³/mol. The Kier molecular flexibility index (Phi) is 5.16.